The SMILES string of the molecule is CN=C(NCCOc1ccc(C(F)(F)F)cc1)NCc1ccc(S(C)(=O)=O)c(C)c1.I. The molecule has 2 N–H and O–H groups in total. The minimum atomic E-state index is -4.37. The van der Waals surface area contributed by atoms with Gasteiger partial charge in [-0.05, 0) is 48.4 Å². The number of halogens is 4. The molecule has 0 bridgehead atoms. The zero-order valence-corrected chi connectivity index (χ0v) is 20.4. The first kappa shape index (κ1) is 27.0. The van der Waals surface area contributed by atoms with E-state index >= 15 is 0 Å². The molecule has 0 saturated carbocycles. The highest BCUT2D eigenvalue weighted by Crippen LogP contribution is 2.30. The van der Waals surface area contributed by atoms with Crippen LogP contribution in [0.3, 0.4) is 0 Å². The molecule has 0 aliphatic rings. The predicted octanol–water partition coefficient (Wildman–Crippen LogP) is 3.78. The second kappa shape index (κ2) is 11.6. The molecular weight excluding hydrogens is 546 g/mol. The number of benzene rings is 2. The molecule has 0 aliphatic carbocycles. The van der Waals surface area contributed by atoms with Crippen molar-refractivity contribution in [3.05, 3.63) is 59.2 Å². The first-order valence-electron chi connectivity index (χ1n) is 9.05. The molecule has 11 heteroatoms. The Labute approximate surface area is 197 Å². The average molecular weight is 571 g/mol. The van der Waals surface area contributed by atoms with Crippen LogP contribution in [0, 0.1) is 6.92 Å². The highest BCUT2D eigenvalue weighted by Gasteiger charge is 2.30. The molecule has 0 aromatic heterocycles. The minimum absolute atomic E-state index is 0. The Bertz CT molecular complexity index is 995. The summed E-state index contributed by atoms with van der Waals surface area (Å²) in [6.45, 7) is 2.79. The number of aryl methyl sites for hydroxylation is 1. The summed E-state index contributed by atoms with van der Waals surface area (Å²) in [6, 6.07) is 9.61. The van der Waals surface area contributed by atoms with Gasteiger partial charge in [0.25, 0.3) is 0 Å². The monoisotopic (exact) mass is 571 g/mol. The van der Waals surface area contributed by atoms with Gasteiger partial charge in [-0.1, -0.05) is 12.1 Å². The molecule has 2 aromatic carbocycles. The first-order chi connectivity index (χ1) is 14.0. The van der Waals surface area contributed by atoms with Gasteiger partial charge >= 0.3 is 6.18 Å². The Morgan fingerprint density at radius 3 is 2.26 bits per heavy atom. The van der Waals surface area contributed by atoms with Crippen molar-refractivity contribution in [3.63, 3.8) is 0 Å². The lowest BCUT2D eigenvalue weighted by atomic mass is 10.1. The number of guanidine groups is 1. The van der Waals surface area contributed by atoms with E-state index in [2.05, 4.69) is 15.6 Å². The fraction of sp³-hybridized carbons (Fsp3) is 0.350. The highest BCUT2D eigenvalue weighted by atomic mass is 127. The average Bonchev–Trinajstić information content (AvgIpc) is 2.66. The minimum Gasteiger partial charge on any atom is -0.492 e. The largest absolute Gasteiger partial charge is 0.492 e. The second-order valence-electron chi connectivity index (χ2n) is 6.60. The summed E-state index contributed by atoms with van der Waals surface area (Å²) < 4.78 is 66.4. The third kappa shape index (κ3) is 8.56. The van der Waals surface area contributed by atoms with E-state index in [1.54, 1.807) is 32.2 Å². The van der Waals surface area contributed by atoms with E-state index in [9.17, 15) is 21.6 Å². The van der Waals surface area contributed by atoms with Crippen molar-refractivity contribution in [2.45, 2.75) is 24.5 Å². The third-order valence-electron chi connectivity index (χ3n) is 4.17. The molecule has 6 nitrogen and oxygen atoms in total. The number of nitrogens with one attached hydrogen (secondary N) is 2. The van der Waals surface area contributed by atoms with Gasteiger partial charge < -0.3 is 15.4 Å². The van der Waals surface area contributed by atoms with Crippen LogP contribution in [0.5, 0.6) is 5.75 Å². The van der Waals surface area contributed by atoms with Gasteiger partial charge in [-0.2, -0.15) is 13.2 Å². The smallest absolute Gasteiger partial charge is 0.416 e. The second-order valence-corrected chi connectivity index (χ2v) is 8.58. The summed E-state index contributed by atoms with van der Waals surface area (Å²) in [4.78, 5) is 4.38. The normalized spacial score (nSPS) is 12.1. The molecule has 0 amide bonds. The third-order valence-corrected chi connectivity index (χ3v) is 5.42. The van der Waals surface area contributed by atoms with Crippen LogP contribution in [0.15, 0.2) is 52.4 Å². The summed E-state index contributed by atoms with van der Waals surface area (Å²) in [5.41, 5.74) is 0.839. The number of alkyl halides is 3. The lowest BCUT2D eigenvalue weighted by molar-refractivity contribution is -0.137. The molecule has 172 valence electrons. The van der Waals surface area contributed by atoms with Crippen molar-refractivity contribution >= 4 is 39.8 Å². The molecule has 2 aromatic rings. The Morgan fingerprint density at radius 1 is 1.10 bits per heavy atom. The van der Waals surface area contributed by atoms with Gasteiger partial charge in [-0.3, -0.25) is 4.99 Å². The van der Waals surface area contributed by atoms with E-state index in [0.717, 1.165) is 17.7 Å². The lowest BCUT2D eigenvalue weighted by Gasteiger charge is -2.14. The molecule has 0 spiro atoms. The van der Waals surface area contributed by atoms with E-state index in [1.807, 2.05) is 0 Å². The molecule has 0 heterocycles. The lowest BCUT2D eigenvalue weighted by Crippen LogP contribution is -2.38. The molecule has 0 atom stereocenters. The van der Waals surface area contributed by atoms with Gasteiger partial charge in [0.2, 0.25) is 0 Å². The van der Waals surface area contributed by atoms with Crippen molar-refractivity contribution in [1.82, 2.24) is 10.6 Å². The van der Waals surface area contributed by atoms with Gasteiger partial charge in [0.05, 0.1) is 17.0 Å². The molecule has 0 unspecified atom stereocenters. The summed E-state index contributed by atoms with van der Waals surface area (Å²) in [7, 11) is -1.66. The Balaban J connectivity index is 0.00000480. The quantitative estimate of drug-likeness (QED) is 0.229. The summed E-state index contributed by atoms with van der Waals surface area (Å²) >= 11 is 0. The summed E-state index contributed by atoms with van der Waals surface area (Å²) in [5, 5.41) is 6.14. The maximum atomic E-state index is 12.5. The van der Waals surface area contributed by atoms with Crippen LogP contribution in [0.4, 0.5) is 13.2 Å². The molecule has 0 saturated heterocycles. The topological polar surface area (TPSA) is 79.8 Å². The van der Waals surface area contributed by atoms with Crippen LogP contribution in [0.2, 0.25) is 0 Å². The predicted molar refractivity (Wildman–Crippen MR) is 125 cm³/mol. The van der Waals surface area contributed by atoms with E-state index in [-0.39, 0.29) is 30.6 Å². The van der Waals surface area contributed by atoms with Gasteiger partial charge in [-0.25, -0.2) is 8.42 Å². The molecular formula is C20H25F3IN3O3S. The molecule has 0 aliphatic heterocycles. The number of hydrogen-bond donors (Lipinski definition) is 2. The standard InChI is InChI=1S/C20H24F3N3O3S.HI/c1-14-12-15(4-9-18(14)30(3,27)28)13-26-19(24-2)25-10-11-29-17-7-5-16(6-8-17)20(21,22)23;/h4-9,12H,10-11,13H2,1-3H3,(H2,24,25,26);1H. The number of sulfone groups is 1. The van der Waals surface area contributed by atoms with Crippen molar-refractivity contribution in [2.24, 2.45) is 4.99 Å². The number of ether oxygens (including phenoxy) is 1. The van der Waals surface area contributed by atoms with Gasteiger partial charge in [0.1, 0.15) is 12.4 Å². The van der Waals surface area contributed by atoms with Crippen molar-refractivity contribution < 1.29 is 26.3 Å². The highest BCUT2D eigenvalue weighted by molar-refractivity contribution is 14.0. The van der Waals surface area contributed by atoms with Crippen molar-refractivity contribution in [2.75, 3.05) is 26.5 Å². The fourth-order valence-corrected chi connectivity index (χ4v) is 3.68. The number of nitrogens with zero attached hydrogens (tertiary/aromatic N) is 1. The molecule has 0 fully saturated rings. The zero-order chi connectivity index (χ0) is 22.4. The van der Waals surface area contributed by atoms with Gasteiger partial charge in [0.15, 0.2) is 15.8 Å². The van der Waals surface area contributed by atoms with Crippen LogP contribution >= 0.6 is 24.0 Å². The van der Waals surface area contributed by atoms with Crippen molar-refractivity contribution in [3.8, 4) is 5.75 Å². The number of hydrogen-bond acceptors (Lipinski definition) is 4. The first-order valence-corrected chi connectivity index (χ1v) is 10.9. The van der Waals surface area contributed by atoms with Gasteiger partial charge in [0, 0.05) is 19.8 Å². The summed E-state index contributed by atoms with van der Waals surface area (Å²) in [5.74, 6) is 0.852. The van der Waals surface area contributed by atoms with E-state index in [1.165, 1.54) is 18.4 Å². The molecule has 0 radical (unpaired) electrons. The van der Waals surface area contributed by atoms with Crippen LogP contribution in [-0.4, -0.2) is 40.8 Å². The van der Waals surface area contributed by atoms with Crippen LogP contribution < -0.4 is 15.4 Å². The van der Waals surface area contributed by atoms with Crippen LogP contribution in [0.1, 0.15) is 16.7 Å². The van der Waals surface area contributed by atoms with E-state index < -0.39 is 21.6 Å². The van der Waals surface area contributed by atoms with Gasteiger partial charge in [-0.15, -0.1) is 24.0 Å². The fourth-order valence-electron chi connectivity index (χ4n) is 2.72. The number of rotatable bonds is 7. The van der Waals surface area contributed by atoms with E-state index in [4.69, 9.17) is 4.74 Å². The number of aliphatic imine (C=N–C) groups is 1. The Hall–Kier alpha value is -2.02. The Morgan fingerprint density at radius 2 is 1.74 bits per heavy atom. The maximum Gasteiger partial charge on any atom is 0.416 e. The zero-order valence-electron chi connectivity index (χ0n) is 17.3. The van der Waals surface area contributed by atoms with Crippen LogP contribution in [0.25, 0.3) is 0 Å². The van der Waals surface area contributed by atoms with Crippen LogP contribution in [-0.2, 0) is 22.6 Å². The Kier molecular flexibility index (Phi) is 10.1. The summed E-state index contributed by atoms with van der Waals surface area (Å²) in [6.07, 6.45) is -3.20. The molecule has 31 heavy (non-hydrogen) atoms. The molecule has 2 rings (SSSR count). The van der Waals surface area contributed by atoms with Crippen molar-refractivity contribution in [1.29, 1.82) is 0 Å². The van der Waals surface area contributed by atoms with E-state index in [0.29, 0.717) is 35.3 Å². The maximum absolute atomic E-state index is 12.5.